The molecule has 0 bridgehead atoms. The fourth-order valence-electron chi connectivity index (χ4n) is 3.35. The van der Waals surface area contributed by atoms with E-state index in [4.69, 9.17) is 4.74 Å². The smallest absolute Gasteiger partial charge is 0.228 e. The molecule has 1 aliphatic heterocycles. The minimum Gasteiger partial charge on any atom is -0.496 e. The van der Waals surface area contributed by atoms with Gasteiger partial charge in [0.15, 0.2) is 0 Å². The lowest BCUT2D eigenvalue weighted by Gasteiger charge is -2.24. The summed E-state index contributed by atoms with van der Waals surface area (Å²) in [6, 6.07) is 15.6. The number of rotatable bonds is 6. The third-order valence-electron chi connectivity index (χ3n) is 4.78. The summed E-state index contributed by atoms with van der Waals surface area (Å²) in [5.74, 6) is 0.755. The molecule has 5 nitrogen and oxygen atoms in total. The Hall–Kier alpha value is -2.82. The lowest BCUT2D eigenvalue weighted by atomic mass is 10.1. The van der Waals surface area contributed by atoms with Crippen LogP contribution in [0.4, 0.5) is 5.69 Å². The van der Waals surface area contributed by atoms with Crippen molar-refractivity contribution in [2.24, 2.45) is 0 Å². The van der Waals surface area contributed by atoms with E-state index in [1.165, 1.54) is 12.5 Å². The van der Waals surface area contributed by atoms with Crippen molar-refractivity contribution < 1.29 is 14.3 Å². The summed E-state index contributed by atoms with van der Waals surface area (Å²) < 4.78 is 5.36. The molecule has 1 aliphatic rings. The van der Waals surface area contributed by atoms with Gasteiger partial charge in [0.05, 0.1) is 7.11 Å². The molecule has 0 spiro atoms. The average molecular weight is 352 g/mol. The van der Waals surface area contributed by atoms with Crippen LogP contribution in [0.1, 0.15) is 24.5 Å². The van der Waals surface area contributed by atoms with Gasteiger partial charge in [-0.15, -0.1) is 0 Å². The molecule has 0 aliphatic carbocycles. The van der Waals surface area contributed by atoms with Crippen LogP contribution in [-0.4, -0.2) is 36.9 Å². The Kier molecular flexibility index (Phi) is 5.56. The Bertz CT molecular complexity index is 803. The van der Waals surface area contributed by atoms with Crippen LogP contribution in [-0.2, 0) is 22.6 Å². The molecule has 26 heavy (non-hydrogen) atoms. The molecule has 2 amide bonds. The molecule has 0 saturated carbocycles. The molecule has 3 rings (SSSR count). The van der Waals surface area contributed by atoms with Crippen molar-refractivity contribution in [2.75, 3.05) is 25.1 Å². The van der Waals surface area contributed by atoms with Gasteiger partial charge in [-0.05, 0) is 24.1 Å². The van der Waals surface area contributed by atoms with Crippen LogP contribution in [0.2, 0.25) is 0 Å². The summed E-state index contributed by atoms with van der Waals surface area (Å²) in [5, 5.41) is 0. The summed E-state index contributed by atoms with van der Waals surface area (Å²) in [6.45, 7) is 3.07. The first-order valence-corrected chi connectivity index (χ1v) is 8.86. The van der Waals surface area contributed by atoms with Crippen molar-refractivity contribution >= 4 is 17.5 Å². The van der Waals surface area contributed by atoms with Crippen molar-refractivity contribution in [3.05, 3.63) is 59.7 Å². The second-order valence-electron chi connectivity index (χ2n) is 6.43. The molecule has 2 aromatic rings. The lowest BCUT2D eigenvalue weighted by molar-refractivity contribution is -0.130. The quantitative estimate of drug-likeness (QED) is 0.803. The van der Waals surface area contributed by atoms with Gasteiger partial charge >= 0.3 is 0 Å². The van der Waals surface area contributed by atoms with Gasteiger partial charge < -0.3 is 14.5 Å². The lowest BCUT2D eigenvalue weighted by Crippen LogP contribution is -2.35. The number of benzene rings is 2. The van der Waals surface area contributed by atoms with E-state index < -0.39 is 0 Å². The zero-order valence-corrected chi connectivity index (χ0v) is 15.3. The van der Waals surface area contributed by atoms with Crippen LogP contribution in [0.15, 0.2) is 48.5 Å². The first kappa shape index (κ1) is 18.0. The predicted octanol–water partition coefficient (Wildman–Crippen LogP) is 3.02. The standard InChI is InChI=1S/C21H24N2O3/c1-16(24)22(15-18-8-4-6-10-20(18)26-2)13-12-21(25)23-14-11-17-7-3-5-9-19(17)23/h3-10H,11-15H2,1-2H3. The molecule has 0 N–H and O–H groups in total. The average Bonchev–Trinajstić information content (AvgIpc) is 3.09. The summed E-state index contributed by atoms with van der Waals surface area (Å²) in [6.07, 6.45) is 1.20. The van der Waals surface area contributed by atoms with Gasteiger partial charge in [-0.3, -0.25) is 9.59 Å². The first-order chi connectivity index (χ1) is 12.6. The highest BCUT2D eigenvalue weighted by atomic mass is 16.5. The van der Waals surface area contributed by atoms with E-state index in [-0.39, 0.29) is 11.8 Å². The maximum absolute atomic E-state index is 12.7. The Morgan fingerprint density at radius 2 is 1.85 bits per heavy atom. The van der Waals surface area contributed by atoms with Gasteiger partial charge in [0.25, 0.3) is 0 Å². The van der Waals surface area contributed by atoms with Gasteiger partial charge in [-0.2, -0.15) is 0 Å². The number of fused-ring (bicyclic) bond motifs is 1. The van der Waals surface area contributed by atoms with Crippen LogP contribution in [0.3, 0.4) is 0 Å². The van der Waals surface area contributed by atoms with Crippen molar-refractivity contribution in [3.8, 4) is 5.75 Å². The maximum Gasteiger partial charge on any atom is 0.228 e. The van der Waals surface area contributed by atoms with E-state index in [9.17, 15) is 9.59 Å². The number of methoxy groups -OCH3 is 1. The number of nitrogens with zero attached hydrogens (tertiary/aromatic N) is 2. The largest absolute Gasteiger partial charge is 0.496 e. The Morgan fingerprint density at radius 3 is 2.62 bits per heavy atom. The second-order valence-corrected chi connectivity index (χ2v) is 6.43. The molecule has 5 heteroatoms. The van der Waals surface area contributed by atoms with Gasteiger partial charge in [-0.1, -0.05) is 36.4 Å². The van der Waals surface area contributed by atoms with Crippen LogP contribution in [0.25, 0.3) is 0 Å². The van der Waals surface area contributed by atoms with Gasteiger partial charge in [-0.25, -0.2) is 0 Å². The fraction of sp³-hybridized carbons (Fsp3) is 0.333. The zero-order chi connectivity index (χ0) is 18.5. The molecule has 0 radical (unpaired) electrons. The first-order valence-electron chi connectivity index (χ1n) is 8.86. The van der Waals surface area contributed by atoms with Crippen LogP contribution < -0.4 is 9.64 Å². The van der Waals surface area contributed by atoms with Crippen molar-refractivity contribution in [1.29, 1.82) is 0 Å². The normalized spacial score (nSPS) is 12.6. The van der Waals surface area contributed by atoms with Crippen LogP contribution >= 0.6 is 0 Å². The third kappa shape index (κ3) is 3.87. The highest BCUT2D eigenvalue weighted by Crippen LogP contribution is 2.28. The topological polar surface area (TPSA) is 49.9 Å². The number of para-hydroxylation sites is 2. The highest BCUT2D eigenvalue weighted by Gasteiger charge is 2.24. The molecule has 0 aromatic heterocycles. The van der Waals surface area contributed by atoms with E-state index >= 15 is 0 Å². The van der Waals surface area contributed by atoms with Crippen molar-refractivity contribution in [1.82, 2.24) is 4.90 Å². The molecular weight excluding hydrogens is 328 g/mol. The summed E-state index contributed by atoms with van der Waals surface area (Å²) >= 11 is 0. The molecule has 0 unspecified atom stereocenters. The minimum atomic E-state index is -0.0504. The molecule has 1 heterocycles. The van der Waals surface area contributed by atoms with Gasteiger partial charge in [0, 0.05) is 44.2 Å². The highest BCUT2D eigenvalue weighted by molar-refractivity contribution is 5.95. The Labute approximate surface area is 154 Å². The number of carbonyl (C=O) groups excluding carboxylic acids is 2. The molecular formula is C21H24N2O3. The fourth-order valence-corrected chi connectivity index (χ4v) is 3.35. The van der Waals surface area contributed by atoms with Gasteiger partial charge in [0.1, 0.15) is 5.75 Å². The molecule has 2 aromatic carbocycles. The zero-order valence-electron chi connectivity index (χ0n) is 15.3. The number of hydrogen-bond acceptors (Lipinski definition) is 3. The SMILES string of the molecule is COc1ccccc1CN(CCC(=O)N1CCc2ccccc21)C(C)=O. The Balaban J connectivity index is 1.64. The molecule has 0 atom stereocenters. The number of amides is 2. The maximum atomic E-state index is 12.7. The van der Waals surface area contributed by atoms with Crippen LogP contribution in [0, 0.1) is 0 Å². The van der Waals surface area contributed by atoms with Crippen molar-refractivity contribution in [3.63, 3.8) is 0 Å². The second kappa shape index (κ2) is 8.04. The van der Waals surface area contributed by atoms with Crippen LogP contribution in [0.5, 0.6) is 5.75 Å². The van der Waals surface area contributed by atoms with Gasteiger partial charge in [0.2, 0.25) is 11.8 Å². The summed E-state index contributed by atoms with van der Waals surface area (Å²) in [5.41, 5.74) is 3.14. The number of anilines is 1. The monoisotopic (exact) mass is 352 g/mol. The number of hydrogen-bond donors (Lipinski definition) is 0. The number of ether oxygens (including phenoxy) is 1. The summed E-state index contributed by atoms with van der Waals surface area (Å²) in [4.78, 5) is 28.2. The molecule has 136 valence electrons. The van der Waals surface area contributed by atoms with E-state index in [2.05, 4.69) is 6.07 Å². The number of carbonyl (C=O) groups is 2. The van der Waals surface area contributed by atoms with E-state index in [0.29, 0.717) is 26.1 Å². The minimum absolute atomic E-state index is 0.0504. The molecule has 0 saturated heterocycles. The van der Waals surface area contributed by atoms with E-state index in [0.717, 1.165) is 23.4 Å². The van der Waals surface area contributed by atoms with Crippen molar-refractivity contribution in [2.45, 2.75) is 26.3 Å². The summed E-state index contributed by atoms with van der Waals surface area (Å²) in [7, 11) is 1.62. The predicted molar refractivity (Wildman–Crippen MR) is 101 cm³/mol. The van der Waals surface area contributed by atoms with E-state index in [1.807, 2.05) is 47.4 Å². The Morgan fingerprint density at radius 1 is 1.12 bits per heavy atom. The molecule has 0 fully saturated rings. The third-order valence-corrected chi connectivity index (χ3v) is 4.78. The van der Waals surface area contributed by atoms with E-state index in [1.54, 1.807) is 12.0 Å².